The molecule has 1 fully saturated rings. The smallest absolute Gasteiger partial charge is 0.116 e. The van der Waals surface area contributed by atoms with Gasteiger partial charge in [0.2, 0.25) is 0 Å². The average molecular weight is 541 g/mol. The summed E-state index contributed by atoms with van der Waals surface area (Å²) < 4.78 is 25.5. The van der Waals surface area contributed by atoms with E-state index in [0.29, 0.717) is 0 Å². The van der Waals surface area contributed by atoms with E-state index in [1.54, 1.807) is 0 Å². The SMILES string of the molecule is O[C@@H]1[C@H](O)[C@H](OCc2ccccc2)[C@H](OCc2ccccc2)[C@H](OCc2ccccc2)[C@H]1OCc1ccccc1. The fourth-order valence-corrected chi connectivity index (χ4v) is 4.98. The van der Waals surface area contributed by atoms with Crippen molar-refractivity contribution in [1.82, 2.24) is 0 Å². The highest BCUT2D eigenvalue weighted by Crippen LogP contribution is 2.32. The molecule has 0 spiro atoms. The number of hydrogen-bond donors (Lipinski definition) is 2. The summed E-state index contributed by atoms with van der Waals surface area (Å²) in [7, 11) is 0. The summed E-state index contributed by atoms with van der Waals surface area (Å²) in [5.41, 5.74) is 3.87. The molecule has 208 valence electrons. The second-order valence-corrected chi connectivity index (χ2v) is 10.0. The van der Waals surface area contributed by atoms with Gasteiger partial charge in [0.25, 0.3) is 0 Å². The first-order chi connectivity index (χ1) is 19.7. The second kappa shape index (κ2) is 14.3. The summed E-state index contributed by atoms with van der Waals surface area (Å²) in [6, 6.07) is 39.1. The van der Waals surface area contributed by atoms with E-state index in [1.807, 2.05) is 121 Å². The number of rotatable bonds is 12. The summed E-state index contributed by atoms with van der Waals surface area (Å²) in [5.74, 6) is 0. The van der Waals surface area contributed by atoms with Crippen LogP contribution in [0, 0.1) is 0 Å². The van der Waals surface area contributed by atoms with Crippen LogP contribution in [0.3, 0.4) is 0 Å². The molecule has 6 heteroatoms. The monoisotopic (exact) mass is 540 g/mol. The van der Waals surface area contributed by atoms with Crippen molar-refractivity contribution in [2.45, 2.75) is 63.1 Å². The van der Waals surface area contributed by atoms with Crippen LogP contribution in [-0.4, -0.2) is 46.8 Å². The maximum absolute atomic E-state index is 11.4. The predicted molar refractivity (Wildman–Crippen MR) is 152 cm³/mol. The van der Waals surface area contributed by atoms with Crippen LogP contribution < -0.4 is 0 Å². The third-order valence-electron chi connectivity index (χ3n) is 7.14. The van der Waals surface area contributed by atoms with Gasteiger partial charge >= 0.3 is 0 Å². The summed E-state index contributed by atoms with van der Waals surface area (Å²) in [6.07, 6.45) is -5.63. The van der Waals surface area contributed by atoms with Crippen LogP contribution in [0.25, 0.3) is 0 Å². The van der Waals surface area contributed by atoms with Crippen molar-refractivity contribution in [1.29, 1.82) is 0 Å². The van der Waals surface area contributed by atoms with Gasteiger partial charge in [-0.25, -0.2) is 0 Å². The lowest BCUT2D eigenvalue weighted by atomic mass is 9.84. The molecule has 0 aromatic heterocycles. The Morgan fingerprint density at radius 2 is 0.575 bits per heavy atom. The van der Waals surface area contributed by atoms with Crippen molar-refractivity contribution < 1.29 is 29.2 Å². The van der Waals surface area contributed by atoms with Gasteiger partial charge in [0.1, 0.15) is 36.6 Å². The minimum atomic E-state index is -1.25. The van der Waals surface area contributed by atoms with E-state index in [0.717, 1.165) is 22.3 Å². The van der Waals surface area contributed by atoms with E-state index in [4.69, 9.17) is 18.9 Å². The van der Waals surface area contributed by atoms with E-state index in [1.165, 1.54) is 0 Å². The molecule has 0 unspecified atom stereocenters. The maximum Gasteiger partial charge on any atom is 0.116 e. The molecule has 5 rings (SSSR count). The molecule has 0 saturated heterocycles. The van der Waals surface area contributed by atoms with Crippen molar-refractivity contribution in [3.05, 3.63) is 144 Å². The van der Waals surface area contributed by atoms with Gasteiger partial charge in [-0.05, 0) is 22.3 Å². The van der Waals surface area contributed by atoms with Gasteiger partial charge in [0.05, 0.1) is 26.4 Å². The summed E-state index contributed by atoms with van der Waals surface area (Å²) in [4.78, 5) is 0. The van der Waals surface area contributed by atoms with Gasteiger partial charge in [0.15, 0.2) is 0 Å². The highest BCUT2D eigenvalue weighted by molar-refractivity contribution is 5.17. The standard InChI is InChI=1S/C34H36O6/c35-29-30(36)32(38-22-26-15-7-2-8-16-26)34(40-24-28-19-11-4-12-20-28)33(39-23-27-17-9-3-10-18-27)31(29)37-21-25-13-5-1-6-14-25/h1-20,29-36H,21-24H2/t29-,30+,31-,32-,33-,34+/m0/s1. The molecule has 1 aliphatic carbocycles. The number of aliphatic hydroxyl groups is 2. The number of hydrogen-bond acceptors (Lipinski definition) is 6. The first-order valence-corrected chi connectivity index (χ1v) is 13.7. The molecule has 6 nitrogen and oxygen atoms in total. The minimum absolute atomic E-state index is 0.251. The van der Waals surface area contributed by atoms with Crippen molar-refractivity contribution in [3.63, 3.8) is 0 Å². The van der Waals surface area contributed by atoms with Crippen LogP contribution >= 0.6 is 0 Å². The van der Waals surface area contributed by atoms with Gasteiger partial charge < -0.3 is 29.2 Å². The Labute approximate surface area is 235 Å². The normalized spacial score (nSPS) is 24.6. The molecular formula is C34H36O6. The lowest BCUT2D eigenvalue weighted by Crippen LogP contribution is -2.66. The Bertz CT molecular complexity index is 1150. The molecule has 2 N–H and O–H groups in total. The molecule has 4 aromatic carbocycles. The lowest BCUT2D eigenvalue weighted by Gasteiger charge is -2.47. The summed E-state index contributed by atoms with van der Waals surface area (Å²) >= 11 is 0. The molecule has 1 aliphatic rings. The van der Waals surface area contributed by atoms with Crippen LogP contribution in [0.1, 0.15) is 22.3 Å². The van der Waals surface area contributed by atoms with Crippen LogP contribution in [0.5, 0.6) is 0 Å². The Morgan fingerprint density at radius 1 is 0.350 bits per heavy atom. The molecule has 6 atom stereocenters. The Kier molecular flexibility index (Phi) is 10.1. The van der Waals surface area contributed by atoms with Crippen molar-refractivity contribution in [2.75, 3.05) is 0 Å². The van der Waals surface area contributed by atoms with Gasteiger partial charge in [-0.1, -0.05) is 121 Å². The average Bonchev–Trinajstić information content (AvgIpc) is 3.01. The van der Waals surface area contributed by atoms with Crippen LogP contribution in [0.4, 0.5) is 0 Å². The first kappa shape index (κ1) is 28.2. The maximum atomic E-state index is 11.4. The van der Waals surface area contributed by atoms with E-state index in [-0.39, 0.29) is 26.4 Å². The highest BCUT2D eigenvalue weighted by atomic mass is 16.6. The third kappa shape index (κ3) is 7.43. The van der Waals surface area contributed by atoms with Crippen LogP contribution in [0.15, 0.2) is 121 Å². The van der Waals surface area contributed by atoms with Gasteiger partial charge in [-0.15, -0.1) is 0 Å². The zero-order valence-corrected chi connectivity index (χ0v) is 22.4. The molecule has 4 aromatic rings. The Balaban J connectivity index is 1.42. The highest BCUT2D eigenvalue weighted by Gasteiger charge is 2.52. The Morgan fingerprint density at radius 3 is 0.825 bits per heavy atom. The third-order valence-corrected chi connectivity index (χ3v) is 7.14. The number of aliphatic hydroxyl groups excluding tert-OH is 2. The van der Waals surface area contributed by atoms with E-state index in [9.17, 15) is 10.2 Å². The molecule has 40 heavy (non-hydrogen) atoms. The van der Waals surface area contributed by atoms with E-state index < -0.39 is 36.6 Å². The molecule has 0 radical (unpaired) electrons. The zero-order valence-electron chi connectivity index (χ0n) is 22.4. The van der Waals surface area contributed by atoms with Crippen LogP contribution in [0.2, 0.25) is 0 Å². The van der Waals surface area contributed by atoms with E-state index in [2.05, 4.69) is 0 Å². The summed E-state index contributed by atoms with van der Waals surface area (Å²) in [5, 5.41) is 22.7. The van der Waals surface area contributed by atoms with E-state index >= 15 is 0 Å². The summed E-state index contributed by atoms with van der Waals surface area (Å²) in [6.45, 7) is 1.08. The molecule has 0 heterocycles. The zero-order chi connectivity index (χ0) is 27.6. The fourth-order valence-electron chi connectivity index (χ4n) is 4.98. The fraction of sp³-hybridized carbons (Fsp3) is 0.294. The minimum Gasteiger partial charge on any atom is -0.387 e. The van der Waals surface area contributed by atoms with Crippen molar-refractivity contribution in [2.24, 2.45) is 0 Å². The number of ether oxygens (including phenoxy) is 4. The molecule has 1 saturated carbocycles. The van der Waals surface area contributed by atoms with Crippen molar-refractivity contribution in [3.8, 4) is 0 Å². The molecule has 0 bridgehead atoms. The Hall–Kier alpha value is -3.36. The van der Waals surface area contributed by atoms with Gasteiger partial charge in [0, 0.05) is 0 Å². The lowest BCUT2D eigenvalue weighted by molar-refractivity contribution is -0.273. The number of benzene rings is 4. The quantitative estimate of drug-likeness (QED) is 0.262. The second-order valence-electron chi connectivity index (χ2n) is 10.0. The van der Waals surface area contributed by atoms with Gasteiger partial charge in [-0.3, -0.25) is 0 Å². The molecule has 0 aliphatic heterocycles. The van der Waals surface area contributed by atoms with Gasteiger partial charge in [-0.2, -0.15) is 0 Å². The largest absolute Gasteiger partial charge is 0.387 e. The molecular weight excluding hydrogens is 504 g/mol. The first-order valence-electron chi connectivity index (χ1n) is 13.7. The van der Waals surface area contributed by atoms with Crippen molar-refractivity contribution >= 4 is 0 Å². The van der Waals surface area contributed by atoms with Crippen LogP contribution in [-0.2, 0) is 45.4 Å². The topological polar surface area (TPSA) is 77.4 Å². The predicted octanol–water partition coefficient (Wildman–Crippen LogP) is 5.06. The molecule has 0 amide bonds.